The normalized spacial score (nSPS) is 17.6. The molecule has 0 aromatic heterocycles. The van der Waals surface area contributed by atoms with Gasteiger partial charge in [-0.15, -0.1) is 0 Å². The molecule has 1 unspecified atom stereocenters. The Morgan fingerprint density at radius 3 is 2.37 bits per heavy atom. The fourth-order valence-corrected chi connectivity index (χ4v) is 3.64. The van der Waals surface area contributed by atoms with Crippen LogP contribution >= 0.6 is 0 Å². The van der Waals surface area contributed by atoms with E-state index in [1.807, 2.05) is 36.4 Å². The minimum atomic E-state index is -2.85. The molecule has 0 amide bonds. The molecule has 0 aliphatic carbocycles. The number of rotatable bonds is 9. The van der Waals surface area contributed by atoms with Crippen molar-refractivity contribution in [2.24, 2.45) is 0 Å². The first-order chi connectivity index (χ1) is 14.2. The van der Waals surface area contributed by atoms with Crippen LogP contribution in [0.15, 0.2) is 48.5 Å². The summed E-state index contributed by atoms with van der Waals surface area (Å²) in [5.74, 6) is -1.19. The number of alkyl halides is 2. The minimum absolute atomic E-state index is 0.0835. The molecule has 162 valence electrons. The maximum Gasteiger partial charge on any atom is 0.278 e. The van der Waals surface area contributed by atoms with Crippen molar-refractivity contribution in [3.8, 4) is 11.5 Å². The Morgan fingerprint density at radius 2 is 1.77 bits per heavy atom. The Balaban J connectivity index is 1.51. The van der Waals surface area contributed by atoms with Crippen molar-refractivity contribution >= 4 is 11.5 Å². The van der Waals surface area contributed by atoms with E-state index in [4.69, 9.17) is 9.47 Å². The van der Waals surface area contributed by atoms with Crippen LogP contribution < -0.4 is 14.4 Å². The van der Waals surface area contributed by atoms with Crippen molar-refractivity contribution in [1.29, 1.82) is 0 Å². The van der Waals surface area contributed by atoms with E-state index in [-0.39, 0.29) is 17.8 Å². The molecule has 1 heterocycles. The van der Waals surface area contributed by atoms with Gasteiger partial charge in [0.2, 0.25) is 0 Å². The van der Waals surface area contributed by atoms with Crippen LogP contribution in [0, 0.1) is 0 Å². The molecule has 30 heavy (non-hydrogen) atoms. The number of hydrogen-bond acceptors (Lipinski definition) is 4. The molecule has 1 fully saturated rings. The number of benzene rings is 2. The molecule has 0 N–H and O–H groups in total. The Bertz CT molecular complexity index is 831. The summed E-state index contributed by atoms with van der Waals surface area (Å²) in [5, 5.41) is 0. The molecule has 1 saturated heterocycles. The van der Waals surface area contributed by atoms with Gasteiger partial charge in [-0.3, -0.25) is 0 Å². The van der Waals surface area contributed by atoms with Gasteiger partial charge in [0, 0.05) is 32.0 Å². The van der Waals surface area contributed by atoms with Gasteiger partial charge in [-0.05, 0) is 54.8 Å². The summed E-state index contributed by atoms with van der Waals surface area (Å²) in [6.07, 6.45) is 1.53. The third kappa shape index (κ3) is 6.44. The van der Waals surface area contributed by atoms with Crippen molar-refractivity contribution in [3.05, 3.63) is 54.1 Å². The van der Waals surface area contributed by atoms with E-state index in [0.29, 0.717) is 12.2 Å². The molecule has 0 saturated carbocycles. The largest absolute Gasteiger partial charge is 0.489 e. The molecule has 0 radical (unpaired) electrons. The molecule has 2 atom stereocenters. The van der Waals surface area contributed by atoms with Crippen molar-refractivity contribution in [2.45, 2.75) is 51.6 Å². The zero-order valence-electron chi connectivity index (χ0n) is 17.7. The van der Waals surface area contributed by atoms with Gasteiger partial charge in [-0.25, -0.2) is 8.78 Å². The van der Waals surface area contributed by atoms with Crippen LogP contribution in [0.1, 0.15) is 45.1 Å². The fraction of sp³-hybridized carbons (Fsp3) is 0.458. The first-order valence-corrected chi connectivity index (χ1v) is 10.3. The van der Waals surface area contributed by atoms with Gasteiger partial charge in [-0.2, -0.15) is 0 Å². The van der Waals surface area contributed by atoms with Crippen LogP contribution in [-0.4, -0.2) is 37.5 Å². The molecule has 4 nitrogen and oxygen atoms in total. The van der Waals surface area contributed by atoms with Crippen molar-refractivity contribution in [3.63, 3.8) is 0 Å². The second-order valence-electron chi connectivity index (χ2n) is 8.20. The zero-order valence-corrected chi connectivity index (χ0v) is 17.7. The van der Waals surface area contributed by atoms with Crippen molar-refractivity contribution < 1.29 is 23.0 Å². The van der Waals surface area contributed by atoms with Crippen LogP contribution in [0.3, 0.4) is 0 Å². The highest BCUT2D eigenvalue weighted by Gasteiger charge is 2.25. The highest BCUT2D eigenvalue weighted by molar-refractivity contribution is 5.76. The predicted molar refractivity (Wildman–Crippen MR) is 114 cm³/mol. The molecule has 2 aromatic carbocycles. The second-order valence-corrected chi connectivity index (χ2v) is 8.20. The van der Waals surface area contributed by atoms with E-state index in [0.717, 1.165) is 43.4 Å². The summed E-state index contributed by atoms with van der Waals surface area (Å²) in [4.78, 5) is 13.5. The number of nitrogens with zero attached hydrogens (tertiary/aromatic N) is 1. The Hall–Kier alpha value is -2.63. The van der Waals surface area contributed by atoms with E-state index < -0.39 is 12.5 Å². The number of hydrogen-bond donors (Lipinski definition) is 0. The first kappa shape index (κ1) is 22.1. The SMILES string of the molecule is CC(=O)C[C@@H](C)c1ccc(OC2CCN(c3ccc(OCC(C)(F)F)cc3)C2)cc1. The van der Waals surface area contributed by atoms with Gasteiger partial charge < -0.3 is 19.2 Å². The van der Waals surface area contributed by atoms with Gasteiger partial charge in [0.25, 0.3) is 5.92 Å². The standard InChI is InChI=1S/C24H29F2NO3/c1-17(14-18(2)28)19-4-8-22(9-5-19)30-23-12-13-27(15-23)20-6-10-21(11-7-20)29-16-24(3,25)26/h4-11,17,23H,12-16H2,1-3H3/t17-,23?/m1/s1. The summed E-state index contributed by atoms with van der Waals surface area (Å²) in [6.45, 7) is 5.51. The number of carbonyl (C=O) groups excluding carboxylic acids is 1. The van der Waals surface area contributed by atoms with Gasteiger partial charge in [0.15, 0.2) is 6.61 Å². The fourth-order valence-electron chi connectivity index (χ4n) is 3.64. The van der Waals surface area contributed by atoms with E-state index in [1.165, 1.54) is 0 Å². The van der Waals surface area contributed by atoms with E-state index in [9.17, 15) is 13.6 Å². The lowest BCUT2D eigenvalue weighted by Crippen LogP contribution is -2.24. The maximum atomic E-state index is 12.9. The molecular weight excluding hydrogens is 388 g/mol. The Morgan fingerprint density at radius 1 is 1.13 bits per heavy atom. The summed E-state index contributed by atoms with van der Waals surface area (Å²) >= 11 is 0. The zero-order chi connectivity index (χ0) is 21.7. The minimum Gasteiger partial charge on any atom is -0.489 e. The van der Waals surface area contributed by atoms with Crippen molar-refractivity contribution in [2.75, 3.05) is 24.6 Å². The average Bonchev–Trinajstić information content (AvgIpc) is 3.15. The highest BCUT2D eigenvalue weighted by Crippen LogP contribution is 2.27. The number of carbonyl (C=O) groups is 1. The van der Waals surface area contributed by atoms with E-state index >= 15 is 0 Å². The lowest BCUT2D eigenvalue weighted by atomic mass is 9.96. The number of anilines is 1. The van der Waals surface area contributed by atoms with Crippen molar-refractivity contribution in [1.82, 2.24) is 0 Å². The van der Waals surface area contributed by atoms with Crippen LogP contribution in [0.4, 0.5) is 14.5 Å². The Labute approximate surface area is 176 Å². The van der Waals surface area contributed by atoms with Gasteiger partial charge in [0.1, 0.15) is 23.4 Å². The van der Waals surface area contributed by atoms with Gasteiger partial charge >= 0.3 is 0 Å². The maximum absolute atomic E-state index is 12.9. The molecule has 6 heteroatoms. The molecule has 2 aromatic rings. The smallest absolute Gasteiger partial charge is 0.278 e. The Kier molecular flexibility index (Phi) is 6.95. The third-order valence-corrected chi connectivity index (χ3v) is 5.18. The topological polar surface area (TPSA) is 38.8 Å². The molecule has 1 aliphatic rings. The summed E-state index contributed by atoms with van der Waals surface area (Å²) in [7, 11) is 0. The van der Waals surface area contributed by atoms with Crippen LogP contribution in [-0.2, 0) is 4.79 Å². The average molecular weight is 417 g/mol. The van der Waals surface area contributed by atoms with Crippen LogP contribution in [0.25, 0.3) is 0 Å². The number of halogens is 2. The molecule has 3 rings (SSSR count). The van der Waals surface area contributed by atoms with E-state index in [2.05, 4.69) is 11.8 Å². The number of Topliss-reactive ketones (excluding diaryl/α,β-unsaturated/α-hetero) is 1. The third-order valence-electron chi connectivity index (χ3n) is 5.18. The summed E-state index contributed by atoms with van der Waals surface area (Å²) < 4.78 is 37.1. The van der Waals surface area contributed by atoms with Crippen LogP contribution in [0.2, 0.25) is 0 Å². The second kappa shape index (κ2) is 9.45. The molecule has 0 spiro atoms. The van der Waals surface area contributed by atoms with Crippen LogP contribution in [0.5, 0.6) is 11.5 Å². The molecule has 1 aliphatic heterocycles. The van der Waals surface area contributed by atoms with Gasteiger partial charge in [0.05, 0.1) is 6.54 Å². The predicted octanol–water partition coefficient (Wildman–Crippen LogP) is 5.46. The van der Waals surface area contributed by atoms with E-state index in [1.54, 1.807) is 19.1 Å². The number of ketones is 1. The summed E-state index contributed by atoms with van der Waals surface area (Å²) in [6, 6.07) is 15.2. The van der Waals surface area contributed by atoms with Gasteiger partial charge in [-0.1, -0.05) is 19.1 Å². The monoisotopic (exact) mass is 417 g/mol. The lowest BCUT2D eigenvalue weighted by molar-refractivity contribution is -0.117. The first-order valence-electron chi connectivity index (χ1n) is 10.3. The molecular formula is C24H29F2NO3. The summed E-state index contributed by atoms with van der Waals surface area (Å²) in [5.41, 5.74) is 2.15. The lowest BCUT2D eigenvalue weighted by Gasteiger charge is -2.20. The quantitative estimate of drug-likeness (QED) is 0.543. The molecule has 0 bridgehead atoms. The highest BCUT2D eigenvalue weighted by atomic mass is 19.3. The number of ether oxygens (including phenoxy) is 2.